The van der Waals surface area contributed by atoms with Crippen LogP contribution < -0.4 is 4.57 Å². The van der Waals surface area contributed by atoms with E-state index in [1.807, 2.05) is 6.20 Å². The Morgan fingerprint density at radius 1 is 0.933 bits per heavy atom. The Kier molecular flexibility index (Phi) is 4.59. The summed E-state index contributed by atoms with van der Waals surface area (Å²) in [5.74, 6) is 1.45. The highest BCUT2D eigenvalue weighted by atomic mass is 16.4. The molecule has 148 valence electrons. The predicted octanol–water partition coefficient (Wildman–Crippen LogP) is 6.63. The molecule has 2 aromatic heterocycles. The third-order valence-electron chi connectivity index (χ3n) is 5.97. The second kappa shape index (κ2) is 7.42. The highest BCUT2D eigenvalue weighted by molar-refractivity contribution is 5.91. The summed E-state index contributed by atoms with van der Waals surface area (Å²) in [5, 5.41) is 3.67. The van der Waals surface area contributed by atoms with Crippen molar-refractivity contribution >= 4 is 21.7 Å². The van der Waals surface area contributed by atoms with Crippen molar-refractivity contribution in [1.29, 1.82) is 0 Å². The molecule has 0 N–H and O–H groups in total. The average molecular weight is 394 g/mol. The molecule has 3 nitrogen and oxygen atoms in total. The molecule has 0 spiro atoms. The van der Waals surface area contributed by atoms with Crippen molar-refractivity contribution in [3.05, 3.63) is 84.2 Å². The third kappa shape index (κ3) is 3.07. The van der Waals surface area contributed by atoms with E-state index in [4.69, 9.17) is 4.42 Å². The molecule has 0 amide bonds. The number of para-hydroxylation sites is 1. The predicted molar refractivity (Wildman–Crippen MR) is 122 cm³/mol. The number of aromatic nitrogens is 2. The molecule has 5 aromatic rings. The summed E-state index contributed by atoms with van der Waals surface area (Å²) in [6.45, 7) is 7.52. The standard InChI is InChI=1S/C27H25N2O/c1-4-14-29-15-13-24(23-7-5-6-8-25(23)29)27-28-17-26(30-27)21-11-12-22-19(3)18(2)9-10-20(22)16-21/h5-13,15-17H,4,14H2,1-3H3/q+1. The largest absolute Gasteiger partial charge is 0.436 e. The Bertz CT molecular complexity index is 1380. The van der Waals surface area contributed by atoms with Crippen molar-refractivity contribution in [3.63, 3.8) is 0 Å². The number of pyridine rings is 1. The number of aryl methyl sites for hydroxylation is 3. The molecule has 0 aliphatic rings. The summed E-state index contributed by atoms with van der Waals surface area (Å²) >= 11 is 0. The van der Waals surface area contributed by atoms with Crippen LogP contribution >= 0.6 is 0 Å². The van der Waals surface area contributed by atoms with Crippen molar-refractivity contribution in [1.82, 2.24) is 4.98 Å². The lowest BCUT2D eigenvalue weighted by Gasteiger charge is -2.07. The Morgan fingerprint density at radius 3 is 2.67 bits per heavy atom. The maximum Gasteiger partial charge on any atom is 0.227 e. The molecule has 0 saturated heterocycles. The van der Waals surface area contributed by atoms with Gasteiger partial charge in [0.15, 0.2) is 12.0 Å². The molecule has 0 radical (unpaired) electrons. The van der Waals surface area contributed by atoms with E-state index in [1.54, 1.807) is 0 Å². The normalized spacial score (nSPS) is 11.4. The molecular formula is C27H25N2O+. The van der Waals surface area contributed by atoms with Gasteiger partial charge in [-0.25, -0.2) is 4.98 Å². The average Bonchev–Trinajstić information content (AvgIpc) is 3.26. The molecule has 0 aliphatic heterocycles. The first-order chi connectivity index (χ1) is 14.7. The number of rotatable bonds is 4. The van der Waals surface area contributed by atoms with Gasteiger partial charge in [0.05, 0.1) is 17.1 Å². The maximum atomic E-state index is 6.25. The van der Waals surface area contributed by atoms with Crippen LogP contribution in [0.3, 0.4) is 0 Å². The summed E-state index contributed by atoms with van der Waals surface area (Å²) in [6, 6.07) is 21.4. The molecule has 0 bridgehead atoms. The van der Waals surface area contributed by atoms with Crippen LogP contribution in [0.5, 0.6) is 0 Å². The molecule has 0 atom stereocenters. The molecule has 0 fully saturated rings. The monoisotopic (exact) mass is 393 g/mol. The lowest BCUT2D eigenvalue weighted by molar-refractivity contribution is -0.671. The van der Waals surface area contributed by atoms with E-state index in [1.165, 1.54) is 27.4 Å². The van der Waals surface area contributed by atoms with Crippen molar-refractivity contribution in [3.8, 4) is 22.8 Å². The summed E-state index contributed by atoms with van der Waals surface area (Å²) in [4.78, 5) is 4.62. The SMILES string of the molecule is CCC[n+]1ccc(-c2ncc(-c3ccc4c(C)c(C)ccc4c3)o2)c2ccccc21. The molecule has 3 heteroatoms. The Hall–Kier alpha value is -3.46. The van der Waals surface area contributed by atoms with Gasteiger partial charge in [0.1, 0.15) is 6.54 Å². The second-order valence-electron chi connectivity index (χ2n) is 7.91. The van der Waals surface area contributed by atoms with Gasteiger partial charge < -0.3 is 4.42 Å². The first-order valence-corrected chi connectivity index (χ1v) is 10.5. The van der Waals surface area contributed by atoms with Crippen LogP contribution in [0.1, 0.15) is 24.5 Å². The zero-order valence-corrected chi connectivity index (χ0v) is 17.6. The van der Waals surface area contributed by atoms with Crippen molar-refractivity contribution in [2.24, 2.45) is 0 Å². The molecule has 5 rings (SSSR count). The van der Waals surface area contributed by atoms with E-state index in [0.29, 0.717) is 5.89 Å². The van der Waals surface area contributed by atoms with Crippen molar-refractivity contribution < 1.29 is 8.98 Å². The second-order valence-corrected chi connectivity index (χ2v) is 7.91. The van der Waals surface area contributed by atoms with E-state index in [-0.39, 0.29) is 0 Å². The molecule has 0 unspecified atom stereocenters. The molecule has 0 saturated carbocycles. The van der Waals surface area contributed by atoms with Gasteiger partial charge in [-0.1, -0.05) is 43.3 Å². The van der Waals surface area contributed by atoms with Crippen LogP contribution in [0.25, 0.3) is 44.5 Å². The van der Waals surface area contributed by atoms with E-state index in [2.05, 4.69) is 97.2 Å². The zero-order valence-electron chi connectivity index (χ0n) is 17.6. The van der Waals surface area contributed by atoms with Crippen LogP contribution in [-0.4, -0.2) is 4.98 Å². The third-order valence-corrected chi connectivity index (χ3v) is 5.97. The number of hydrogen-bond acceptors (Lipinski definition) is 2. The molecule has 30 heavy (non-hydrogen) atoms. The van der Waals surface area contributed by atoms with Gasteiger partial charge in [0.2, 0.25) is 11.4 Å². The number of hydrogen-bond donors (Lipinski definition) is 0. The number of fused-ring (bicyclic) bond motifs is 2. The van der Waals surface area contributed by atoms with Gasteiger partial charge in [0, 0.05) is 24.1 Å². The fourth-order valence-electron chi connectivity index (χ4n) is 4.19. The Balaban J connectivity index is 1.59. The van der Waals surface area contributed by atoms with Gasteiger partial charge in [-0.05, 0) is 47.9 Å². The van der Waals surface area contributed by atoms with Crippen molar-refractivity contribution in [2.45, 2.75) is 33.7 Å². The fraction of sp³-hybridized carbons (Fsp3) is 0.185. The van der Waals surface area contributed by atoms with Gasteiger partial charge in [-0.3, -0.25) is 0 Å². The van der Waals surface area contributed by atoms with Crippen molar-refractivity contribution in [2.75, 3.05) is 0 Å². The van der Waals surface area contributed by atoms with Crippen LogP contribution in [-0.2, 0) is 6.54 Å². The fourth-order valence-corrected chi connectivity index (χ4v) is 4.19. The van der Waals surface area contributed by atoms with E-state index < -0.39 is 0 Å². The Morgan fingerprint density at radius 2 is 1.80 bits per heavy atom. The van der Waals surface area contributed by atoms with E-state index in [9.17, 15) is 0 Å². The highest BCUT2D eigenvalue weighted by Gasteiger charge is 2.17. The molecular weight excluding hydrogens is 368 g/mol. The maximum absolute atomic E-state index is 6.25. The number of oxazole rings is 1. The van der Waals surface area contributed by atoms with Crippen LogP contribution in [0.4, 0.5) is 0 Å². The summed E-state index contributed by atoms with van der Waals surface area (Å²) < 4.78 is 8.53. The lowest BCUT2D eigenvalue weighted by Crippen LogP contribution is -2.33. The first-order valence-electron chi connectivity index (χ1n) is 10.5. The van der Waals surface area contributed by atoms with Gasteiger partial charge in [-0.15, -0.1) is 0 Å². The summed E-state index contributed by atoms with van der Waals surface area (Å²) in [6.07, 6.45) is 5.06. The molecule has 3 aromatic carbocycles. The summed E-state index contributed by atoms with van der Waals surface area (Å²) in [5.41, 5.74) is 5.91. The number of nitrogens with zero attached hydrogens (tertiary/aromatic N) is 2. The lowest BCUT2D eigenvalue weighted by atomic mass is 9.99. The molecule has 0 aliphatic carbocycles. The quantitative estimate of drug-likeness (QED) is 0.321. The van der Waals surface area contributed by atoms with Crippen LogP contribution in [0, 0.1) is 13.8 Å². The first kappa shape index (κ1) is 18.6. The minimum absolute atomic E-state index is 0.657. The smallest absolute Gasteiger partial charge is 0.227 e. The minimum atomic E-state index is 0.657. The minimum Gasteiger partial charge on any atom is -0.436 e. The molecule has 2 heterocycles. The van der Waals surface area contributed by atoms with Crippen LogP contribution in [0.2, 0.25) is 0 Å². The van der Waals surface area contributed by atoms with Crippen LogP contribution in [0.15, 0.2) is 77.5 Å². The highest BCUT2D eigenvalue weighted by Crippen LogP contribution is 2.32. The van der Waals surface area contributed by atoms with Gasteiger partial charge >= 0.3 is 0 Å². The zero-order chi connectivity index (χ0) is 20.7. The summed E-state index contributed by atoms with van der Waals surface area (Å²) in [7, 11) is 0. The van der Waals surface area contributed by atoms with Gasteiger partial charge in [0.25, 0.3) is 0 Å². The Labute approximate surface area is 176 Å². The van der Waals surface area contributed by atoms with E-state index in [0.717, 1.165) is 35.2 Å². The van der Waals surface area contributed by atoms with E-state index >= 15 is 0 Å². The van der Waals surface area contributed by atoms with Gasteiger partial charge in [-0.2, -0.15) is 4.57 Å². The topological polar surface area (TPSA) is 29.9 Å². The number of benzene rings is 3.